The van der Waals surface area contributed by atoms with Crippen molar-refractivity contribution in [3.05, 3.63) is 67.0 Å². The number of pyridine rings is 1. The Morgan fingerprint density at radius 3 is 2.48 bits per heavy atom. The summed E-state index contributed by atoms with van der Waals surface area (Å²) in [5, 5.41) is 4.21. The van der Waals surface area contributed by atoms with Gasteiger partial charge in [0.25, 0.3) is 0 Å². The summed E-state index contributed by atoms with van der Waals surface area (Å²) in [7, 11) is 6.00. The minimum atomic E-state index is 0.668. The molecule has 2 heterocycles. The zero-order valence-corrected chi connectivity index (χ0v) is 15.6. The predicted molar refractivity (Wildman–Crippen MR) is 112 cm³/mol. The average molecular weight is 355 g/mol. The second-order valence-corrected chi connectivity index (χ2v) is 6.53. The minimum absolute atomic E-state index is 0.668. The number of hydrogen-bond acceptors (Lipinski definition) is 5. The van der Waals surface area contributed by atoms with Crippen molar-refractivity contribution in [3.8, 4) is 22.5 Å². The van der Waals surface area contributed by atoms with Crippen LogP contribution in [0.3, 0.4) is 0 Å². The Bertz CT molecular complexity index is 1090. The molecule has 134 valence electrons. The molecular formula is C22H21N5. The third kappa shape index (κ3) is 3.19. The quantitative estimate of drug-likeness (QED) is 0.585. The molecule has 0 atom stereocenters. The molecule has 0 aliphatic carbocycles. The zero-order valence-electron chi connectivity index (χ0n) is 15.6. The molecule has 0 aliphatic heterocycles. The number of benzene rings is 2. The molecule has 5 nitrogen and oxygen atoms in total. The first kappa shape index (κ1) is 17.0. The molecule has 0 amide bonds. The summed E-state index contributed by atoms with van der Waals surface area (Å²) < 4.78 is 0. The van der Waals surface area contributed by atoms with E-state index in [1.165, 1.54) is 11.3 Å². The maximum Gasteiger partial charge on any atom is 0.163 e. The largest absolute Gasteiger partial charge is 0.377 e. The summed E-state index contributed by atoms with van der Waals surface area (Å²) in [6.45, 7) is 0. The number of hydrogen-bond donors (Lipinski definition) is 1. The van der Waals surface area contributed by atoms with Gasteiger partial charge in [0.2, 0.25) is 0 Å². The highest BCUT2D eigenvalue weighted by atomic mass is 15.1. The van der Waals surface area contributed by atoms with Gasteiger partial charge >= 0.3 is 0 Å². The summed E-state index contributed by atoms with van der Waals surface area (Å²) in [5.74, 6) is 1.48. The molecule has 0 spiro atoms. The first-order valence-electron chi connectivity index (χ1n) is 8.84. The Morgan fingerprint density at radius 2 is 1.74 bits per heavy atom. The number of aromatic nitrogens is 3. The number of fused-ring (bicyclic) bond motifs is 1. The number of nitrogens with zero attached hydrogens (tertiary/aromatic N) is 4. The van der Waals surface area contributed by atoms with Gasteiger partial charge in [-0.1, -0.05) is 24.3 Å². The fourth-order valence-electron chi connectivity index (χ4n) is 3.22. The molecule has 0 fully saturated rings. The molecule has 0 saturated heterocycles. The summed E-state index contributed by atoms with van der Waals surface area (Å²) in [4.78, 5) is 15.8. The lowest BCUT2D eigenvalue weighted by atomic mass is 10.0. The van der Waals surface area contributed by atoms with Crippen molar-refractivity contribution in [1.82, 2.24) is 15.0 Å². The van der Waals surface area contributed by atoms with E-state index >= 15 is 0 Å². The Kier molecular flexibility index (Phi) is 4.42. The van der Waals surface area contributed by atoms with Gasteiger partial charge in [-0.3, -0.25) is 4.98 Å². The van der Waals surface area contributed by atoms with E-state index in [2.05, 4.69) is 71.8 Å². The van der Waals surface area contributed by atoms with Gasteiger partial charge in [-0.05, 0) is 35.9 Å². The van der Waals surface area contributed by atoms with Crippen LogP contribution in [0.1, 0.15) is 0 Å². The Morgan fingerprint density at radius 1 is 0.889 bits per heavy atom. The van der Waals surface area contributed by atoms with Crippen LogP contribution in [0.5, 0.6) is 0 Å². The third-order valence-corrected chi connectivity index (χ3v) is 4.55. The van der Waals surface area contributed by atoms with E-state index in [0.29, 0.717) is 5.82 Å². The zero-order chi connectivity index (χ0) is 18.8. The fourth-order valence-corrected chi connectivity index (χ4v) is 3.22. The van der Waals surface area contributed by atoms with Gasteiger partial charge < -0.3 is 10.2 Å². The predicted octanol–water partition coefficient (Wildman–Crippen LogP) is 4.47. The van der Waals surface area contributed by atoms with E-state index in [4.69, 9.17) is 9.97 Å². The van der Waals surface area contributed by atoms with E-state index in [1.54, 1.807) is 12.4 Å². The molecule has 27 heavy (non-hydrogen) atoms. The molecule has 0 unspecified atom stereocenters. The Hall–Kier alpha value is -3.47. The van der Waals surface area contributed by atoms with Crippen molar-refractivity contribution in [2.45, 2.75) is 0 Å². The van der Waals surface area contributed by atoms with Gasteiger partial charge in [-0.2, -0.15) is 0 Å². The molecule has 1 N–H and O–H groups in total. The van der Waals surface area contributed by atoms with Crippen molar-refractivity contribution >= 4 is 22.4 Å². The van der Waals surface area contributed by atoms with E-state index in [0.717, 1.165) is 27.8 Å². The maximum atomic E-state index is 4.74. The highest BCUT2D eigenvalue weighted by Crippen LogP contribution is 2.33. The Balaban J connectivity index is 1.89. The second-order valence-electron chi connectivity index (χ2n) is 6.53. The number of rotatable bonds is 4. The molecule has 5 heteroatoms. The van der Waals surface area contributed by atoms with Gasteiger partial charge in [-0.25, -0.2) is 9.97 Å². The van der Waals surface area contributed by atoms with Crippen molar-refractivity contribution in [1.29, 1.82) is 0 Å². The van der Waals surface area contributed by atoms with Crippen molar-refractivity contribution in [2.75, 3.05) is 31.4 Å². The molecular weight excluding hydrogens is 334 g/mol. The van der Waals surface area contributed by atoms with E-state index in [1.807, 2.05) is 19.2 Å². The van der Waals surface area contributed by atoms with Crippen LogP contribution < -0.4 is 10.2 Å². The van der Waals surface area contributed by atoms with Crippen LogP contribution in [0.15, 0.2) is 67.0 Å². The summed E-state index contributed by atoms with van der Waals surface area (Å²) in [5.41, 5.74) is 5.30. The molecule has 2 aromatic heterocycles. The van der Waals surface area contributed by atoms with Crippen molar-refractivity contribution in [2.24, 2.45) is 0 Å². The topological polar surface area (TPSA) is 53.9 Å². The van der Waals surface area contributed by atoms with Gasteiger partial charge in [-0.15, -0.1) is 0 Å². The standard InChI is InChI=1S/C22H21N5/c1-23-22-18-13-15(17-8-4-5-9-20(17)27(2)3)10-11-19(18)25-21(26-22)16-7-6-12-24-14-16/h4-14H,1-3H3,(H,23,25,26). The number of anilines is 2. The van der Waals surface area contributed by atoms with Gasteiger partial charge in [0.15, 0.2) is 5.82 Å². The smallest absolute Gasteiger partial charge is 0.163 e. The molecule has 4 rings (SSSR count). The van der Waals surface area contributed by atoms with Crippen LogP contribution in [0.4, 0.5) is 11.5 Å². The number of para-hydroxylation sites is 1. The first-order chi connectivity index (χ1) is 13.2. The van der Waals surface area contributed by atoms with Crippen molar-refractivity contribution in [3.63, 3.8) is 0 Å². The van der Waals surface area contributed by atoms with Gasteiger partial charge in [0.1, 0.15) is 5.82 Å². The summed E-state index contributed by atoms with van der Waals surface area (Å²) in [6.07, 6.45) is 3.53. The summed E-state index contributed by atoms with van der Waals surface area (Å²) >= 11 is 0. The maximum absolute atomic E-state index is 4.74. The van der Waals surface area contributed by atoms with Gasteiger partial charge in [0.05, 0.1) is 5.52 Å². The molecule has 0 radical (unpaired) electrons. The lowest BCUT2D eigenvalue weighted by Crippen LogP contribution is -2.09. The monoisotopic (exact) mass is 355 g/mol. The highest BCUT2D eigenvalue weighted by Gasteiger charge is 2.12. The van der Waals surface area contributed by atoms with E-state index < -0.39 is 0 Å². The normalized spacial score (nSPS) is 10.8. The van der Waals surface area contributed by atoms with Crippen LogP contribution in [0, 0.1) is 0 Å². The lowest BCUT2D eigenvalue weighted by molar-refractivity contribution is 1.13. The van der Waals surface area contributed by atoms with E-state index in [9.17, 15) is 0 Å². The van der Waals surface area contributed by atoms with Crippen LogP contribution in [0.25, 0.3) is 33.4 Å². The molecule has 2 aromatic carbocycles. The van der Waals surface area contributed by atoms with E-state index in [-0.39, 0.29) is 0 Å². The average Bonchev–Trinajstić information content (AvgIpc) is 2.73. The molecule has 0 saturated carbocycles. The highest BCUT2D eigenvalue weighted by molar-refractivity contribution is 5.95. The molecule has 0 aliphatic rings. The Labute approximate surface area is 158 Å². The van der Waals surface area contributed by atoms with Crippen LogP contribution in [-0.4, -0.2) is 36.1 Å². The fraction of sp³-hybridized carbons (Fsp3) is 0.136. The van der Waals surface area contributed by atoms with Crippen LogP contribution in [-0.2, 0) is 0 Å². The first-order valence-corrected chi connectivity index (χ1v) is 8.84. The lowest BCUT2D eigenvalue weighted by Gasteiger charge is -2.18. The van der Waals surface area contributed by atoms with Crippen LogP contribution in [0.2, 0.25) is 0 Å². The second kappa shape index (κ2) is 7.03. The molecule has 0 bridgehead atoms. The van der Waals surface area contributed by atoms with Crippen molar-refractivity contribution < 1.29 is 0 Å². The summed E-state index contributed by atoms with van der Waals surface area (Å²) in [6, 6.07) is 18.6. The van der Waals surface area contributed by atoms with Gasteiger partial charge in [0, 0.05) is 55.7 Å². The SMILES string of the molecule is CNc1nc(-c2cccnc2)nc2ccc(-c3ccccc3N(C)C)cc12. The third-order valence-electron chi connectivity index (χ3n) is 4.55. The minimum Gasteiger partial charge on any atom is -0.377 e. The number of nitrogens with one attached hydrogen (secondary N) is 1. The molecule has 4 aromatic rings. The van der Waals surface area contributed by atoms with Crippen LogP contribution >= 0.6 is 0 Å².